The van der Waals surface area contributed by atoms with Crippen LogP contribution in [-0.2, 0) is 26.2 Å². The minimum Gasteiger partial charge on any atom is -0.454 e. The fraction of sp³-hybridized carbons (Fsp3) is 0.481. The van der Waals surface area contributed by atoms with Crippen molar-refractivity contribution in [3.8, 4) is 11.5 Å². The molecule has 12 heteroatoms. The van der Waals surface area contributed by atoms with Crippen molar-refractivity contribution in [2.75, 3.05) is 23.9 Å². The van der Waals surface area contributed by atoms with Gasteiger partial charge in [0.15, 0.2) is 11.5 Å². The molecule has 0 saturated carbocycles. The summed E-state index contributed by atoms with van der Waals surface area (Å²) in [6.07, 6.45) is 2.45. The monoisotopic (exact) mass is 599 g/mol. The molecule has 0 saturated heterocycles. The molecule has 0 unspecified atom stereocenters. The van der Waals surface area contributed by atoms with Crippen molar-refractivity contribution in [3.63, 3.8) is 0 Å². The van der Waals surface area contributed by atoms with Gasteiger partial charge in [0.05, 0.1) is 11.9 Å². The number of halogens is 2. The summed E-state index contributed by atoms with van der Waals surface area (Å²) in [5, 5.41) is 3.74. The zero-order valence-electron chi connectivity index (χ0n) is 22.6. The van der Waals surface area contributed by atoms with Crippen LogP contribution in [0.2, 0.25) is 10.0 Å². The molecule has 1 aliphatic heterocycles. The predicted octanol–water partition coefficient (Wildman–Crippen LogP) is 4.99. The van der Waals surface area contributed by atoms with E-state index in [1.54, 1.807) is 36.4 Å². The van der Waals surface area contributed by atoms with E-state index in [9.17, 15) is 18.0 Å². The van der Waals surface area contributed by atoms with Crippen molar-refractivity contribution < 1.29 is 27.5 Å². The SMILES string of the molecule is CC[C@H](C(=O)N[C@@H](C)CC)N(Cc1c(Cl)cccc1Cl)C(=O)CCCN(c1ccc2c(c1)OCO2)S(C)(=O)=O. The minimum atomic E-state index is -3.65. The number of carbonyl (C=O) groups is 2. The van der Waals surface area contributed by atoms with Crippen LogP contribution in [0.5, 0.6) is 11.5 Å². The van der Waals surface area contributed by atoms with E-state index in [4.69, 9.17) is 32.7 Å². The molecule has 2 aromatic rings. The van der Waals surface area contributed by atoms with Gasteiger partial charge in [-0.05, 0) is 50.5 Å². The lowest BCUT2D eigenvalue weighted by molar-refractivity contribution is -0.141. The first-order chi connectivity index (χ1) is 18.5. The third-order valence-corrected chi connectivity index (χ3v) is 8.48. The molecule has 214 valence electrons. The quantitative estimate of drug-likeness (QED) is 0.348. The average molecular weight is 601 g/mol. The molecule has 1 heterocycles. The highest BCUT2D eigenvalue weighted by molar-refractivity contribution is 7.92. The van der Waals surface area contributed by atoms with Crippen LogP contribution in [-0.4, -0.2) is 56.8 Å². The molecule has 0 aromatic heterocycles. The molecule has 9 nitrogen and oxygen atoms in total. The molecule has 2 atom stereocenters. The number of anilines is 1. The molecule has 0 radical (unpaired) electrons. The maximum atomic E-state index is 13.6. The summed E-state index contributed by atoms with van der Waals surface area (Å²) in [4.78, 5) is 28.2. The van der Waals surface area contributed by atoms with Crippen LogP contribution in [0.1, 0.15) is 52.0 Å². The van der Waals surface area contributed by atoms with Crippen LogP contribution in [0.15, 0.2) is 36.4 Å². The van der Waals surface area contributed by atoms with Gasteiger partial charge in [0, 0.05) is 47.2 Å². The Hall–Kier alpha value is -2.69. The Bertz CT molecular complexity index is 1270. The zero-order valence-corrected chi connectivity index (χ0v) is 24.9. The molecule has 3 rings (SSSR count). The van der Waals surface area contributed by atoms with Crippen molar-refractivity contribution in [1.29, 1.82) is 0 Å². The fourth-order valence-electron chi connectivity index (χ4n) is 4.26. The summed E-state index contributed by atoms with van der Waals surface area (Å²) in [6.45, 7) is 5.87. The Balaban J connectivity index is 1.81. The highest BCUT2D eigenvalue weighted by Crippen LogP contribution is 2.36. The van der Waals surface area contributed by atoms with Gasteiger partial charge in [0.25, 0.3) is 0 Å². The van der Waals surface area contributed by atoms with Gasteiger partial charge in [-0.2, -0.15) is 0 Å². The van der Waals surface area contributed by atoms with Crippen LogP contribution >= 0.6 is 23.2 Å². The average Bonchev–Trinajstić information content (AvgIpc) is 3.35. The van der Waals surface area contributed by atoms with Gasteiger partial charge >= 0.3 is 0 Å². The highest BCUT2D eigenvalue weighted by Gasteiger charge is 2.30. The number of carbonyl (C=O) groups excluding carboxylic acids is 2. The molecule has 0 bridgehead atoms. The largest absolute Gasteiger partial charge is 0.454 e. The summed E-state index contributed by atoms with van der Waals surface area (Å²) >= 11 is 12.8. The van der Waals surface area contributed by atoms with Crippen molar-refractivity contribution in [3.05, 3.63) is 52.0 Å². The summed E-state index contributed by atoms with van der Waals surface area (Å²) in [5.41, 5.74) is 0.954. The van der Waals surface area contributed by atoms with Crippen LogP contribution in [0.25, 0.3) is 0 Å². The van der Waals surface area contributed by atoms with Crippen molar-refractivity contribution in [2.24, 2.45) is 0 Å². The minimum absolute atomic E-state index is 0.00571. The summed E-state index contributed by atoms with van der Waals surface area (Å²) in [5.74, 6) is 0.424. The fourth-order valence-corrected chi connectivity index (χ4v) is 5.73. The molecule has 0 fully saturated rings. The second-order valence-corrected chi connectivity index (χ2v) is 12.2. The second-order valence-electron chi connectivity index (χ2n) is 9.44. The first-order valence-electron chi connectivity index (χ1n) is 12.9. The van der Waals surface area contributed by atoms with Crippen LogP contribution < -0.4 is 19.1 Å². The first kappa shape index (κ1) is 30.8. The van der Waals surface area contributed by atoms with Crippen molar-refractivity contribution in [2.45, 2.75) is 65.1 Å². The summed E-state index contributed by atoms with van der Waals surface area (Å²) < 4.78 is 37.1. The maximum absolute atomic E-state index is 13.6. The number of fused-ring (bicyclic) bond motifs is 1. The van der Waals surface area contributed by atoms with E-state index in [0.717, 1.165) is 12.7 Å². The highest BCUT2D eigenvalue weighted by atomic mass is 35.5. The lowest BCUT2D eigenvalue weighted by Crippen LogP contribution is -2.50. The maximum Gasteiger partial charge on any atom is 0.243 e. The van der Waals surface area contributed by atoms with Gasteiger partial charge in [0.1, 0.15) is 6.04 Å². The van der Waals surface area contributed by atoms with Crippen molar-refractivity contribution >= 4 is 50.7 Å². The van der Waals surface area contributed by atoms with E-state index < -0.39 is 16.1 Å². The van der Waals surface area contributed by atoms with Crippen LogP contribution in [0.3, 0.4) is 0 Å². The number of ether oxygens (including phenoxy) is 2. The smallest absolute Gasteiger partial charge is 0.243 e. The Morgan fingerprint density at radius 3 is 2.33 bits per heavy atom. The molecule has 2 amide bonds. The van der Waals surface area contributed by atoms with Gasteiger partial charge in [-0.25, -0.2) is 8.42 Å². The number of amides is 2. The summed E-state index contributed by atoms with van der Waals surface area (Å²) in [6, 6.07) is 9.15. The third-order valence-electron chi connectivity index (χ3n) is 6.57. The van der Waals surface area contributed by atoms with Gasteiger partial charge in [-0.3, -0.25) is 13.9 Å². The van der Waals surface area contributed by atoms with Gasteiger partial charge in [-0.15, -0.1) is 0 Å². The van der Waals surface area contributed by atoms with E-state index in [-0.39, 0.29) is 50.6 Å². The van der Waals surface area contributed by atoms with E-state index in [1.807, 2.05) is 20.8 Å². The Morgan fingerprint density at radius 1 is 1.05 bits per heavy atom. The number of hydrogen-bond donors (Lipinski definition) is 1. The normalized spacial score (nSPS) is 14.0. The second kappa shape index (κ2) is 13.6. The number of nitrogens with zero attached hydrogens (tertiary/aromatic N) is 2. The number of nitrogens with one attached hydrogen (secondary N) is 1. The topological polar surface area (TPSA) is 105 Å². The lowest BCUT2D eigenvalue weighted by Gasteiger charge is -2.32. The molecule has 1 N–H and O–H groups in total. The Morgan fingerprint density at radius 2 is 1.72 bits per heavy atom. The van der Waals surface area contributed by atoms with Gasteiger partial charge in [0.2, 0.25) is 28.6 Å². The molecule has 2 aromatic carbocycles. The van der Waals surface area contributed by atoms with Gasteiger partial charge in [-0.1, -0.05) is 43.1 Å². The van der Waals surface area contributed by atoms with Crippen molar-refractivity contribution in [1.82, 2.24) is 10.2 Å². The van der Waals surface area contributed by atoms with E-state index in [0.29, 0.717) is 39.2 Å². The zero-order chi connectivity index (χ0) is 28.7. The first-order valence-corrected chi connectivity index (χ1v) is 15.5. The number of sulfonamides is 1. The predicted molar refractivity (Wildman–Crippen MR) is 153 cm³/mol. The lowest BCUT2D eigenvalue weighted by atomic mass is 10.1. The molecule has 0 aliphatic carbocycles. The molecule has 0 spiro atoms. The van der Waals surface area contributed by atoms with E-state index in [1.165, 1.54) is 9.21 Å². The third kappa shape index (κ3) is 7.93. The summed E-state index contributed by atoms with van der Waals surface area (Å²) in [7, 11) is -3.65. The van der Waals surface area contributed by atoms with E-state index >= 15 is 0 Å². The standard InChI is InChI=1S/C27H35Cl2N3O6S/c1-5-18(3)30-27(34)23(6-2)31(16-20-21(28)9-7-10-22(20)29)26(33)11-8-14-32(39(4,35)36)19-12-13-24-25(15-19)38-17-37-24/h7,9-10,12-13,15,18,23H,5-6,8,11,14,16-17H2,1-4H3,(H,30,34)/t18-,23+/m0/s1. The molecular formula is C27H35Cl2N3O6S. The number of rotatable bonds is 13. The van der Waals surface area contributed by atoms with E-state index in [2.05, 4.69) is 5.32 Å². The van der Waals surface area contributed by atoms with Gasteiger partial charge < -0.3 is 19.7 Å². The molecular weight excluding hydrogens is 565 g/mol. The Labute approximate surface area is 240 Å². The Kier molecular flexibility index (Phi) is 10.7. The number of benzene rings is 2. The number of hydrogen-bond acceptors (Lipinski definition) is 6. The van der Waals surface area contributed by atoms with Crippen LogP contribution in [0, 0.1) is 0 Å². The molecule has 39 heavy (non-hydrogen) atoms. The molecule has 1 aliphatic rings. The van der Waals surface area contributed by atoms with Crippen LogP contribution in [0.4, 0.5) is 5.69 Å².